The Kier molecular flexibility index (Phi) is 7.05. The lowest BCUT2D eigenvalue weighted by Gasteiger charge is -2.38. The van der Waals surface area contributed by atoms with Crippen LogP contribution in [-0.2, 0) is 9.59 Å². The highest BCUT2D eigenvalue weighted by atomic mass is 16.3. The van der Waals surface area contributed by atoms with Gasteiger partial charge < -0.3 is 19.5 Å². The Morgan fingerprint density at radius 1 is 1.09 bits per heavy atom. The van der Waals surface area contributed by atoms with Crippen LogP contribution in [0, 0.1) is 5.92 Å². The van der Waals surface area contributed by atoms with Crippen LogP contribution in [0.25, 0.3) is 0 Å². The predicted octanol–water partition coefficient (Wildman–Crippen LogP) is 0.708. The zero-order chi connectivity index (χ0) is 23.4. The van der Waals surface area contributed by atoms with Gasteiger partial charge in [-0.05, 0) is 36.1 Å². The summed E-state index contributed by atoms with van der Waals surface area (Å²) in [4.78, 5) is 46.2. The molecule has 2 aliphatic rings. The molecule has 3 atom stereocenters. The molecule has 0 radical (unpaired) electrons. The Hall–Kier alpha value is -3.24. The molecular formula is C23H30N6O4. The standard InChI is InChI=1S/C23H30N6O4/c1-15(2)20(25-21(30)19-6-4-12-33-19)23(32)29-10-8-28(9-11-29)22(31)18-13-17(26-27-18)16-5-3-7-24-14-16/h3-7,12,14-15,17-18,20,26-27H,8-11,13H2,1-2H3,(H,25,30). The fourth-order valence-corrected chi connectivity index (χ4v) is 4.22. The van der Waals surface area contributed by atoms with Crippen molar-refractivity contribution in [2.75, 3.05) is 26.2 Å². The summed E-state index contributed by atoms with van der Waals surface area (Å²) in [5, 5.41) is 2.79. The average Bonchev–Trinajstić information content (AvgIpc) is 3.55. The summed E-state index contributed by atoms with van der Waals surface area (Å²) in [6.07, 6.45) is 5.58. The van der Waals surface area contributed by atoms with E-state index in [1.807, 2.05) is 26.0 Å². The Morgan fingerprint density at radius 2 is 1.85 bits per heavy atom. The van der Waals surface area contributed by atoms with E-state index in [1.165, 1.54) is 6.26 Å². The maximum Gasteiger partial charge on any atom is 0.287 e. The number of carbonyl (C=O) groups excluding carboxylic acids is 3. The van der Waals surface area contributed by atoms with Crippen LogP contribution in [0.1, 0.15) is 42.4 Å². The number of aromatic nitrogens is 1. The number of hydrogen-bond acceptors (Lipinski definition) is 7. The lowest BCUT2D eigenvalue weighted by atomic mass is 10.0. The largest absolute Gasteiger partial charge is 0.459 e. The summed E-state index contributed by atoms with van der Waals surface area (Å²) in [5.74, 6) is -0.453. The summed E-state index contributed by atoms with van der Waals surface area (Å²) in [6, 6.07) is 6.10. The Balaban J connectivity index is 1.30. The van der Waals surface area contributed by atoms with E-state index in [9.17, 15) is 14.4 Å². The van der Waals surface area contributed by atoms with Crippen molar-refractivity contribution in [3.05, 3.63) is 54.2 Å². The number of nitrogens with one attached hydrogen (secondary N) is 3. The summed E-state index contributed by atoms with van der Waals surface area (Å²) in [6.45, 7) is 5.55. The van der Waals surface area contributed by atoms with Crippen molar-refractivity contribution in [3.8, 4) is 0 Å². The topological polar surface area (TPSA) is 120 Å². The van der Waals surface area contributed by atoms with Crippen molar-refractivity contribution in [2.45, 2.75) is 38.4 Å². The van der Waals surface area contributed by atoms with Crippen LogP contribution >= 0.6 is 0 Å². The van der Waals surface area contributed by atoms with Gasteiger partial charge >= 0.3 is 0 Å². The summed E-state index contributed by atoms with van der Waals surface area (Å²) in [5.41, 5.74) is 7.31. The van der Waals surface area contributed by atoms with Crippen molar-refractivity contribution in [1.82, 2.24) is 31.0 Å². The van der Waals surface area contributed by atoms with E-state index in [-0.39, 0.29) is 35.6 Å². The molecule has 2 aliphatic heterocycles. The Morgan fingerprint density at radius 3 is 2.48 bits per heavy atom. The van der Waals surface area contributed by atoms with Crippen molar-refractivity contribution < 1.29 is 18.8 Å². The van der Waals surface area contributed by atoms with E-state index < -0.39 is 11.9 Å². The highest BCUT2D eigenvalue weighted by Gasteiger charge is 2.36. The second kappa shape index (κ2) is 10.1. The zero-order valence-corrected chi connectivity index (χ0v) is 18.9. The first-order valence-electron chi connectivity index (χ1n) is 11.3. The van der Waals surface area contributed by atoms with E-state index in [1.54, 1.807) is 34.3 Å². The maximum absolute atomic E-state index is 13.1. The van der Waals surface area contributed by atoms with Crippen molar-refractivity contribution in [2.24, 2.45) is 5.92 Å². The zero-order valence-electron chi connectivity index (χ0n) is 18.9. The highest BCUT2D eigenvalue weighted by molar-refractivity contribution is 5.95. The van der Waals surface area contributed by atoms with Crippen LogP contribution in [0.2, 0.25) is 0 Å². The molecule has 4 rings (SSSR count). The molecule has 3 unspecified atom stereocenters. The number of nitrogens with zero attached hydrogens (tertiary/aromatic N) is 3. The van der Waals surface area contributed by atoms with Gasteiger partial charge in [-0.25, -0.2) is 10.9 Å². The van der Waals surface area contributed by atoms with E-state index in [4.69, 9.17) is 4.42 Å². The monoisotopic (exact) mass is 454 g/mol. The molecule has 4 heterocycles. The minimum atomic E-state index is -0.661. The lowest BCUT2D eigenvalue weighted by Crippen LogP contribution is -2.58. The first-order chi connectivity index (χ1) is 15.9. The second-order valence-corrected chi connectivity index (χ2v) is 8.74. The normalized spacial score (nSPS) is 21.8. The summed E-state index contributed by atoms with van der Waals surface area (Å²) < 4.78 is 5.13. The maximum atomic E-state index is 13.1. The molecule has 0 spiro atoms. The molecule has 10 nitrogen and oxygen atoms in total. The quantitative estimate of drug-likeness (QED) is 0.588. The minimum Gasteiger partial charge on any atom is -0.459 e. The molecule has 0 aliphatic carbocycles. The number of hydrazine groups is 1. The minimum absolute atomic E-state index is 0.0209. The molecule has 2 aromatic heterocycles. The van der Waals surface area contributed by atoms with Gasteiger partial charge in [0.25, 0.3) is 5.91 Å². The lowest BCUT2D eigenvalue weighted by molar-refractivity contribution is -0.142. The van der Waals surface area contributed by atoms with Gasteiger partial charge in [0.15, 0.2) is 5.76 Å². The molecule has 3 amide bonds. The molecule has 2 fully saturated rings. The Labute approximate surface area is 192 Å². The van der Waals surface area contributed by atoms with Gasteiger partial charge in [0.2, 0.25) is 11.8 Å². The molecule has 3 N–H and O–H groups in total. The highest BCUT2D eigenvalue weighted by Crippen LogP contribution is 2.22. The molecule has 2 saturated heterocycles. The fraction of sp³-hybridized carbons (Fsp3) is 0.478. The van der Waals surface area contributed by atoms with Gasteiger partial charge in [0.1, 0.15) is 12.1 Å². The third-order valence-electron chi connectivity index (χ3n) is 6.16. The number of hydrogen-bond donors (Lipinski definition) is 3. The van der Waals surface area contributed by atoms with Crippen molar-refractivity contribution in [1.29, 1.82) is 0 Å². The summed E-state index contributed by atoms with van der Waals surface area (Å²) >= 11 is 0. The van der Waals surface area contributed by atoms with E-state index >= 15 is 0 Å². The van der Waals surface area contributed by atoms with E-state index in [2.05, 4.69) is 21.2 Å². The third-order valence-corrected chi connectivity index (χ3v) is 6.16. The van der Waals surface area contributed by atoms with Gasteiger partial charge in [-0.2, -0.15) is 0 Å². The smallest absolute Gasteiger partial charge is 0.287 e. The van der Waals surface area contributed by atoms with Crippen LogP contribution in [-0.4, -0.2) is 70.8 Å². The number of piperazine rings is 1. The Bertz CT molecular complexity index is 957. The average molecular weight is 455 g/mol. The molecule has 33 heavy (non-hydrogen) atoms. The van der Waals surface area contributed by atoms with Crippen LogP contribution in [0.4, 0.5) is 0 Å². The van der Waals surface area contributed by atoms with E-state index in [0.29, 0.717) is 32.6 Å². The number of amides is 3. The van der Waals surface area contributed by atoms with Crippen LogP contribution in [0.3, 0.4) is 0 Å². The third kappa shape index (κ3) is 5.23. The van der Waals surface area contributed by atoms with Gasteiger partial charge in [0, 0.05) is 44.6 Å². The van der Waals surface area contributed by atoms with Gasteiger partial charge in [-0.3, -0.25) is 19.4 Å². The number of furan rings is 1. The predicted molar refractivity (Wildman–Crippen MR) is 120 cm³/mol. The van der Waals surface area contributed by atoms with E-state index in [0.717, 1.165) is 5.56 Å². The first kappa shape index (κ1) is 22.9. The number of carbonyl (C=O) groups is 3. The molecule has 2 aromatic rings. The SMILES string of the molecule is CC(C)C(NC(=O)c1ccco1)C(=O)N1CCN(C(=O)C2CC(c3cccnc3)NN2)CC1. The fourth-order valence-electron chi connectivity index (χ4n) is 4.22. The molecule has 10 heteroatoms. The number of pyridine rings is 1. The van der Waals surface area contributed by atoms with Gasteiger partial charge in [0.05, 0.1) is 6.26 Å². The second-order valence-electron chi connectivity index (χ2n) is 8.74. The van der Waals surface area contributed by atoms with Gasteiger partial charge in [-0.15, -0.1) is 0 Å². The van der Waals surface area contributed by atoms with Crippen LogP contribution < -0.4 is 16.2 Å². The molecule has 0 saturated carbocycles. The molecule has 176 valence electrons. The van der Waals surface area contributed by atoms with Crippen molar-refractivity contribution in [3.63, 3.8) is 0 Å². The summed E-state index contributed by atoms with van der Waals surface area (Å²) in [7, 11) is 0. The van der Waals surface area contributed by atoms with Crippen molar-refractivity contribution >= 4 is 17.7 Å². The molecule has 0 bridgehead atoms. The molecular weight excluding hydrogens is 424 g/mol. The van der Waals surface area contributed by atoms with Crippen LogP contribution in [0.15, 0.2) is 47.3 Å². The van der Waals surface area contributed by atoms with Gasteiger partial charge in [-0.1, -0.05) is 19.9 Å². The number of rotatable bonds is 6. The first-order valence-corrected chi connectivity index (χ1v) is 11.3. The molecule has 0 aromatic carbocycles. The van der Waals surface area contributed by atoms with Crippen LogP contribution in [0.5, 0.6) is 0 Å².